The van der Waals surface area contributed by atoms with E-state index in [9.17, 15) is 43.5 Å². The van der Waals surface area contributed by atoms with E-state index in [1.165, 1.54) is 0 Å². The molecular formula is C14H23NO15S. The molecule has 0 aromatic rings. The highest BCUT2D eigenvalue weighted by molar-refractivity contribution is 7.80. The van der Waals surface area contributed by atoms with Gasteiger partial charge in [0.05, 0.1) is 6.61 Å². The summed E-state index contributed by atoms with van der Waals surface area (Å²) in [5.41, 5.74) is 0. The van der Waals surface area contributed by atoms with Crippen LogP contribution < -0.4 is 5.32 Å². The minimum absolute atomic E-state index is 0.106. The van der Waals surface area contributed by atoms with Gasteiger partial charge < -0.3 is 49.8 Å². The fraction of sp³-hybridized carbons (Fsp3) is 0.857. The second-order valence-corrected chi connectivity index (χ2v) is 7.76. The van der Waals surface area contributed by atoms with Crippen LogP contribution in [0.25, 0.3) is 0 Å². The maximum absolute atomic E-state index is 11.5. The first-order valence-electron chi connectivity index (χ1n) is 8.70. The van der Waals surface area contributed by atoms with E-state index in [-0.39, 0.29) is 6.47 Å². The molecule has 0 spiro atoms. The molecule has 0 bridgehead atoms. The maximum atomic E-state index is 11.5. The molecule has 2 aliphatic rings. The molecule has 180 valence electrons. The van der Waals surface area contributed by atoms with Gasteiger partial charge in [0.1, 0.15) is 42.7 Å². The number of carbonyl (C=O) groups is 2. The van der Waals surface area contributed by atoms with Crippen LogP contribution in [-0.4, -0.2) is 119 Å². The molecule has 7 N–H and O–H groups in total. The third-order valence-electron chi connectivity index (χ3n) is 4.45. The lowest BCUT2D eigenvalue weighted by Gasteiger charge is -2.46. The second kappa shape index (κ2) is 10.4. The summed E-state index contributed by atoms with van der Waals surface area (Å²) in [5.74, 6) is -0.705. The average molecular weight is 477 g/mol. The molecule has 0 radical (unpaired) electrons. The second-order valence-electron chi connectivity index (χ2n) is 6.67. The molecule has 4 unspecified atom stereocenters. The van der Waals surface area contributed by atoms with E-state index >= 15 is 0 Å². The average Bonchev–Trinajstić information content (AvgIpc) is 2.66. The van der Waals surface area contributed by atoms with Gasteiger partial charge in [-0.05, 0) is 0 Å². The van der Waals surface area contributed by atoms with Crippen molar-refractivity contribution >= 4 is 22.8 Å². The van der Waals surface area contributed by atoms with Gasteiger partial charge >= 0.3 is 10.4 Å². The van der Waals surface area contributed by atoms with E-state index in [1.54, 1.807) is 0 Å². The van der Waals surface area contributed by atoms with Crippen molar-refractivity contribution in [2.45, 2.75) is 68.5 Å². The molecule has 17 heteroatoms. The Morgan fingerprint density at radius 3 is 2.19 bits per heavy atom. The first-order valence-corrected chi connectivity index (χ1v) is 10.1. The van der Waals surface area contributed by atoms with Crippen LogP contribution in [-0.2, 0) is 43.1 Å². The zero-order chi connectivity index (χ0) is 23.5. The highest BCUT2D eigenvalue weighted by Crippen LogP contribution is 2.29. The maximum Gasteiger partial charge on any atom is 0.397 e. The van der Waals surface area contributed by atoms with Gasteiger partial charge in [0.2, 0.25) is 12.2 Å². The molecule has 2 aliphatic heterocycles. The molecule has 0 saturated carbocycles. The highest BCUT2D eigenvalue weighted by Gasteiger charge is 2.51. The third kappa shape index (κ3) is 6.49. The predicted octanol–water partition coefficient (Wildman–Crippen LogP) is -5.29. The normalized spacial score (nSPS) is 41.4. The number of hydrogen-bond donors (Lipinski definition) is 7. The first kappa shape index (κ1) is 25.7. The van der Waals surface area contributed by atoms with Crippen molar-refractivity contribution in [3.05, 3.63) is 0 Å². The number of aliphatic hydroxyl groups excluding tert-OH is 5. The lowest BCUT2D eigenvalue weighted by molar-refractivity contribution is -0.365. The van der Waals surface area contributed by atoms with Crippen molar-refractivity contribution < 1.29 is 71.2 Å². The van der Waals surface area contributed by atoms with Crippen molar-refractivity contribution in [3.63, 3.8) is 0 Å². The first-order chi connectivity index (χ1) is 14.4. The van der Waals surface area contributed by atoms with Crippen molar-refractivity contribution in [1.82, 2.24) is 5.32 Å². The molecule has 0 aromatic heterocycles. The zero-order valence-corrected chi connectivity index (χ0v) is 16.6. The molecule has 0 aromatic carbocycles. The van der Waals surface area contributed by atoms with Crippen molar-refractivity contribution in [1.29, 1.82) is 0 Å². The predicted molar refractivity (Wildman–Crippen MR) is 90.7 cm³/mol. The summed E-state index contributed by atoms with van der Waals surface area (Å²) in [7, 11) is -4.94. The molecule has 2 rings (SSSR count). The van der Waals surface area contributed by atoms with Gasteiger partial charge in [-0.25, -0.2) is 4.18 Å². The molecular weight excluding hydrogens is 454 g/mol. The van der Waals surface area contributed by atoms with Gasteiger partial charge in [-0.15, -0.1) is 0 Å². The fourth-order valence-corrected chi connectivity index (χ4v) is 3.33. The van der Waals surface area contributed by atoms with Gasteiger partial charge in [-0.3, -0.25) is 14.1 Å². The number of rotatable bonds is 8. The number of nitrogens with one attached hydrogen (secondary N) is 1. The van der Waals surface area contributed by atoms with Gasteiger partial charge in [0.15, 0.2) is 12.6 Å². The number of aliphatic hydroxyl groups is 5. The van der Waals surface area contributed by atoms with Crippen molar-refractivity contribution in [2.75, 3.05) is 6.61 Å². The minimum atomic E-state index is -4.94. The Morgan fingerprint density at radius 1 is 1.03 bits per heavy atom. The van der Waals surface area contributed by atoms with E-state index in [1.807, 2.05) is 0 Å². The zero-order valence-electron chi connectivity index (χ0n) is 15.8. The van der Waals surface area contributed by atoms with E-state index in [4.69, 9.17) is 18.8 Å². The summed E-state index contributed by atoms with van der Waals surface area (Å²) in [6, 6.07) is -1.50. The molecule has 10 atom stereocenters. The Bertz CT molecular complexity index is 733. The molecule has 31 heavy (non-hydrogen) atoms. The molecule has 2 saturated heterocycles. The molecule has 2 heterocycles. The van der Waals surface area contributed by atoms with Crippen LogP contribution in [0.4, 0.5) is 0 Å². The number of hydrogen-bond acceptors (Lipinski definition) is 14. The van der Waals surface area contributed by atoms with Crippen molar-refractivity contribution in [3.8, 4) is 0 Å². The Morgan fingerprint density at radius 2 is 1.65 bits per heavy atom. The lowest BCUT2D eigenvalue weighted by atomic mass is 9.96. The third-order valence-corrected chi connectivity index (χ3v) is 4.88. The van der Waals surface area contributed by atoms with Gasteiger partial charge in [-0.2, -0.15) is 8.42 Å². The topological polar surface area (TPSA) is 248 Å². The Kier molecular flexibility index (Phi) is 8.64. The summed E-state index contributed by atoms with van der Waals surface area (Å²) in [5, 5.41) is 52.7. The van der Waals surface area contributed by atoms with Gasteiger partial charge in [0.25, 0.3) is 6.47 Å². The molecule has 16 nitrogen and oxygen atoms in total. The van der Waals surface area contributed by atoms with Gasteiger partial charge in [-0.1, -0.05) is 0 Å². The van der Waals surface area contributed by atoms with Crippen LogP contribution >= 0.6 is 0 Å². The van der Waals surface area contributed by atoms with Crippen LogP contribution in [0.5, 0.6) is 0 Å². The lowest BCUT2D eigenvalue weighted by Crippen LogP contribution is -2.67. The number of amides is 1. The standard InChI is InChI=1S/C14H23NO15S/c1-4(17)15-6-11(7(18)5(28-12(6)22)2-27-31(23,24)25)29-14-10(21)8(19)9(20)13(30-14)26-3-16/h3,5-14,18-22H,2H2,1H3,(H,15,17)(H,23,24,25)/t5?,6?,7-,8-,9-,10?,11+,12+,13?,14+/m0/s1. The molecule has 1 amide bonds. The molecule has 2 fully saturated rings. The summed E-state index contributed by atoms with van der Waals surface area (Å²) in [4.78, 5) is 22.0. The van der Waals surface area contributed by atoms with Gasteiger partial charge in [0, 0.05) is 6.92 Å². The Balaban J connectivity index is 2.25. The quantitative estimate of drug-likeness (QED) is 0.127. The fourth-order valence-electron chi connectivity index (χ4n) is 3.03. The summed E-state index contributed by atoms with van der Waals surface area (Å²) in [6.07, 6.45) is -16.4. The van der Waals surface area contributed by atoms with Crippen LogP contribution in [0.15, 0.2) is 0 Å². The van der Waals surface area contributed by atoms with Crippen LogP contribution in [0.3, 0.4) is 0 Å². The summed E-state index contributed by atoms with van der Waals surface area (Å²) >= 11 is 0. The van der Waals surface area contributed by atoms with Crippen LogP contribution in [0.2, 0.25) is 0 Å². The van der Waals surface area contributed by atoms with E-state index < -0.39 is 84.4 Å². The smallest absolute Gasteiger partial charge is 0.397 e. The number of ether oxygens (including phenoxy) is 4. The van der Waals surface area contributed by atoms with Crippen LogP contribution in [0, 0.1) is 0 Å². The Labute approximate surface area is 175 Å². The van der Waals surface area contributed by atoms with E-state index in [0.717, 1.165) is 6.92 Å². The summed E-state index contributed by atoms with van der Waals surface area (Å²) < 4.78 is 54.2. The van der Waals surface area contributed by atoms with E-state index in [0.29, 0.717) is 0 Å². The summed E-state index contributed by atoms with van der Waals surface area (Å²) in [6.45, 7) is -0.0229. The highest BCUT2D eigenvalue weighted by atomic mass is 32.3. The van der Waals surface area contributed by atoms with E-state index in [2.05, 4.69) is 14.2 Å². The monoisotopic (exact) mass is 477 g/mol. The Hall–Kier alpha value is -1.51. The van der Waals surface area contributed by atoms with Crippen LogP contribution in [0.1, 0.15) is 6.92 Å². The van der Waals surface area contributed by atoms with Crippen molar-refractivity contribution in [2.24, 2.45) is 0 Å². The SMILES string of the molecule is CC(=O)NC1[C@H](O)OC(COS(=O)(=O)O)[C@H](O)[C@@H]1O[C@@H]1OC(OC=O)[C@@H](O)[C@H](O)C1O. The number of carbonyl (C=O) groups excluding carboxylic acids is 2. The molecule has 0 aliphatic carbocycles. The largest absolute Gasteiger partial charge is 0.435 e. The minimum Gasteiger partial charge on any atom is -0.435 e.